The Morgan fingerprint density at radius 1 is 0.404 bits per heavy atom. The molecule has 6 aromatic rings. The summed E-state index contributed by atoms with van der Waals surface area (Å²) in [6.07, 6.45) is -1.18. The molecule has 0 unspecified atom stereocenters. The molecule has 3 N–H and O–H groups in total. The molecule has 52 heavy (non-hydrogen) atoms. The van der Waals surface area contributed by atoms with Gasteiger partial charge in [-0.3, -0.25) is 0 Å². The minimum atomic E-state index is -5.05. The standard InChI is InChI=1S/C40H32O10S2/c41-37-27-11-25(23-7-3-1-4-8-23)12-28(37)16-32-20-36(52(48,49)50)22-34(40(32)44)18-30-14-26(24-9-5-2-6-10-24)13-29(38(30)42)17-33-21-35(51(45,46)47)19-31(15-27)39(33)43/h1-14,19-22,41-44H,15-18H2,(H,45,46,47)(H,48,49,50)/p-3. The predicted octanol–water partition coefficient (Wildman–Crippen LogP) is 5.70. The van der Waals surface area contributed by atoms with Crippen LogP contribution in [0.15, 0.2) is 119 Å². The van der Waals surface area contributed by atoms with Crippen molar-refractivity contribution < 1.29 is 46.4 Å². The molecule has 0 fully saturated rings. The summed E-state index contributed by atoms with van der Waals surface area (Å²) in [6, 6.07) is 28.5. The fraction of sp³-hybridized carbons (Fsp3) is 0.100. The predicted molar refractivity (Wildman–Crippen MR) is 188 cm³/mol. The fourth-order valence-electron chi connectivity index (χ4n) is 6.75. The normalized spacial score (nSPS) is 13.1. The molecule has 6 aromatic carbocycles. The summed E-state index contributed by atoms with van der Waals surface area (Å²) in [4.78, 5) is -1.26. The van der Waals surface area contributed by atoms with E-state index in [-0.39, 0.29) is 87.4 Å². The molecule has 0 saturated heterocycles. The highest BCUT2D eigenvalue weighted by atomic mass is 32.2. The van der Waals surface area contributed by atoms with Gasteiger partial charge in [0, 0.05) is 25.7 Å². The minimum absolute atomic E-state index is 0.0121. The number of fused-ring (bicyclic) bond motifs is 8. The third-order valence-electron chi connectivity index (χ3n) is 9.31. The monoisotopic (exact) mass is 733 g/mol. The van der Waals surface area contributed by atoms with Gasteiger partial charge in [0.15, 0.2) is 0 Å². The van der Waals surface area contributed by atoms with Crippen molar-refractivity contribution in [1.29, 1.82) is 0 Å². The molecule has 12 heteroatoms. The number of rotatable bonds is 4. The highest BCUT2D eigenvalue weighted by Gasteiger charge is 2.22. The van der Waals surface area contributed by atoms with E-state index in [4.69, 9.17) is 0 Å². The Bertz CT molecular complexity index is 2320. The molecular formula is C40H29O10S2-3. The number of phenolic OH excluding ortho intramolecular Hbond substituents is 3. The Labute approximate surface area is 300 Å². The van der Waals surface area contributed by atoms with E-state index >= 15 is 0 Å². The van der Waals surface area contributed by atoms with Crippen LogP contribution in [0, 0.1) is 0 Å². The average molecular weight is 734 g/mol. The van der Waals surface area contributed by atoms with Crippen molar-refractivity contribution in [3.63, 3.8) is 0 Å². The molecule has 0 spiro atoms. The van der Waals surface area contributed by atoms with Gasteiger partial charge in [-0.1, -0.05) is 83.9 Å². The summed E-state index contributed by atoms with van der Waals surface area (Å²) >= 11 is 0. The van der Waals surface area contributed by atoms with E-state index in [9.17, 15) is 46.4 Å². The molecule has 0 amide bonds. The quantitative estimate of drug-likeness (QED) is 0.189. The van der Waals surface area contributed by atoms with E-state index in [0.29, 0.717) is 16.7 Å². The number of hydrogen-bond donors (Lipinski definition) is 3. The van der Waals surface area contributed by atoms with Gasteiger partial charge < -0.3 is 29.5 Å². The van der Waals surface area contributed by atoms with Crippen LogP contribution in [0.3, 0.4) is 0 Å². The summed E-state index contributed by atoms with van der Waals surface area (Å²) in [6.45, 7) is 0. The first-order chi connectivity index (χ1) is 24.7. The smallest absolute Gasteiger partial charge is 0.124 e. The highest BCUT2D eigenvalue weighted by Crippen LogP contribution is 2.41. The minimum Gasteiger partial charge on any atom is -0.872 e. The van der Waals surface area contributed by atoms with Crippen molar-refractivity contribution in [2.75, 3.05) is 0 Å². The van der Waals surface area contributed by atoms with Gasteiger partial charge in [0.2, 0.25) is 0 Å². The Hall–Kier alpha value is -5.66. The molecule has 1 aliphatic carbocycles. The molecule has 0 aromatic heterocycles. The van der Waals surface area contributed by atoms with Crippen molar-refractivity contribution in [2.24, 2.45) is 0 Å². The molecule has 10 nitrogen and oxygen atoms in total. The molecule has 7 rings (SSSR count). The van der Waals surface area contributed by atoms with Crippen LogP contribution in [0.5, 0.6) is 23.0 Å². The van der Waals surface area contributed by atoms with Crippen LogP contribution in [0.2, 0.25) is 0 Å². The second-order valence-corrected chi connectivity index (χ2v) is 15.6. The maximum absolute atomic E-state index is 14.1. The third-order valence-corrected chi connectivity index (χ3v) is 10.9. The molecule has 0 aliphatic heterocycles. The summed E-state index contributed by atoms with van der Waals surface area (Å²) in [5.41, 5.74) is 3.09. The second-order valence-electron chi connectivity index (χ2n) is 12.8. The Balaban J connectivity index is 1.55. The van der Waals surface area contributed by atoms with Crippen molar-refractivity contribution in [3.8, 4) is 45.3 Å². The van der Waals surface area contributed by atoms with Gasteiger partial charge in [0.05, 0.1) is 9.79 Å². The van der Waals surface area contributed by atoms with Gasteiger partial charge in [-0.05, 0) is 92.0 Å². The van der Waals surface area contributed by atoms with E-state index in [0.717, 1.165) is 29.8 Å². The van der Waals surface area contributed by atoms with Crippen LogP contribution < -0.4 is 5.11 Å². The molecule has 264 valence electrons. The zero-order valence-corrected chi connectivity index (χ0v) is 28.9. The second kappa shape index (κ2) is 13.1. The molecular weight excluding hydrogens is 705 g/mol. The van der Waals surface area contributed by atoms with Crippen molar-refractivity contribution in [2.45, 2.75) is 35.5 Å². The maximum atomic E-state index is 14.1. The van der Waals surface area contributed by atoms with Crippen LogP contribution >= 0.6 is 0 Å². The number of benzene rings is 6. The van der Waals surface area contributed by atoms with Crippen molar-refractivity contribution >= 4 is 20.2 Å². The van der Waals surface area contributed by atoms with E-state index < -0.39 is 35.8 Å². The van der Waals surface area contributed by atoms with E-state index in [1.807, 2.05) is 18.2 Å². The molecule has 1 aliphatic rings. The Kier molecular flexibility index (Phi) is 8.79. The van der Waals surface area contributed by atoms with Gasteiger partial charge in [0.25, 0.3) is 0 Å². The zero-order valence-electron chi connectivity index (χ0n) is 27.2. The lowest BCUT2D eigenvalue weighted by molar-refractivity contribution is -0.270. The average Bonchev–Trinajstić information content (AvgIpc) is 3.10. The SMILES string of the molecule is O=S(=O)([O-])c1cc2c(O)c(c1)Cc1cc(-c3ccccc3)cc(c1O)Cc1cc(S(=O)(=O)[O-])cc(c1O)Cc1cc(-c3ccccc3)cc(c1[O-])C2. The van der Waals surface area contributed by atoms with Crippen molar-refractivity contribution in [1.82, 2.24) is 0 Å². The summed E-state index contributed by atoms with van der Waals surface area (Å²) in [5.74, 6) is -1.59. The van der Waals surface area contributed by atoms with Crippen molar-refractivity contribution in [3.05, 3.63) is 154 Å². The Morgan fingerprint density at radius 2 is 0.673 bits per heavy atom. The zero-order chi connectivity index (χ0) is 36.9. The largest absolute Gasteiger partial charge is 0.872 e. The highest BCUT2D eigenvalue weighted by molar-refractivity contribution is 7.86. The maximum Gasteiger partial charge on any atom is 0.124 e. The number of hydrogen-bond acceptors (Lipinski definition) is 10. The number of phenols is 3. The lowest BCUT2D eigenvalue weighted by Crippen LogP contribution is -2.08. The van der Waals surface area contributed by atoms with Gasteiger partial charge in [-0.25, -0.2) is 16.8 Å². The first-order valence-corrected chi connectivity index (χ1v) is 18.9. The van der Waals surface area contributed by atoms with Crippen LogP contribution in [0.1, 0.15) is 44.5 Å². The third kappa shape index (κ3) is 6.84. The van der Waals surface area contributed by atoms with Crippen LogP contribution in [-0.2, 0) is 45.9 Å². The summed E-state index contributed by atoms with van der Waals surface area (Å²) < 4.78 is 74.4. The van der Waals surface area contributed by atoms with Gasteiger partial charge in [0.1, 0.15) is 37.5 Å². The van der Waals surface area contributed by atoms with Gasteiger partial charge in [-0.15, -0.1) is 5.75 Å². The first-order valence-electron chi connectivity index (χ1n) is 16.1. The van der Waals surface area contributed by atoms with Crippen LogP contribution in [-0.4, -0.2) is 41.3 Å². The lowest BCUT2D eigenvalue weighted by atomic mass is 9.88. The summed E-state index contributed by atoms with van der Waals surface area (Å²) in [5, 5.41) is 49.0. The fourth-order valence-corrected chi connectivity index (χ4v) is 7.89. The molecule has 8 bridgehead atoms. The van der Waals surface area contributed by atoms with Crippen LogP contribution in [0.25, 0.3) is 22.3 Å². The molecule has 0 atom stereocenters. The molecule has 0 radical (unpaired) electrons. The van der Waals surface area contributed by atoms with Crippen LogP contribution in [0.4, 0.5) is 0 Å². The van der Waals surface area contributed by atoms with E-state index in [1.165, 1.54) is 0 Å². The lowest BCUT2D eigenvalue weighted by Gasteiger charge is -2.24. The van der Waals surface area contributed by atoms with Gasteiger partial charge >= 0.3 is 0 Å². The van der Waals surface area contributed by atoms with E-state index in [1.54, 1.807) is 66.7 Å². The number of aromatic hydroxyl groups is 3. The van der Waals surface area contributed by atoms with E-state index in [2.05, 4.69) is 0 Å². The Morgan fingerprint density at radius 3 is 0.981 bits per heavy atom. The molecule has 0 saturated carbocycles. The molecule has 0 heterocycles. The van der Waals surface area contributed by atoms with Gasteiger partial charge in [-0.2, -0.15) is 0 Å². The topological polar surface area (TPSA) is 198 Å². The summed E-state index contributed by atoms with van der Waals surface area (Å²) in [7, 11) is -10.1. The first kappa shape index (κ1) is 34.8.